The van der Waals surface area contributed by atoms with Crippen LogP contribution in [0.2, 0.25) is 0 Å². The zero-order chi connectivity index (χ0) is 16.4. The first-order chi connectivity index (χ1) is 11.8. The van der Waals surface area contributed by atoms with Crippen molar-refractivity contribution in [3.8, 4) is 11.5 Å². The Bertz CT molecular complexity index is 959. The molecule has 0 fully saturated rings. The average molecular weight is 315 g/mol. The minimum atomic E-state index is -0.144. The lowest BCUT2D eigenvalue weighted by molar-refractivity contribution is 0.102. The Kier molecular flexibility index (Phi) is 3.51. The van der Waals surface area contributed by atoms with Crippen molar-refractivity contribution >= 4 is 22.8 Å². The molecule has 0 radical (unpaired) electrons. The molecule has 4 aromatic rings. The number of hydrogen-bond donors (Lipinski definition) is 1. The lowest BCUT2D eigenvalue weighted by Crippen LogP contribution is -2.11. The number of nitrogens with one attached hydrogen (secondary N) is 1. The summed E-state index contributed by atoms with van der Waals surface area (Å²) in [7, 11) is 0. The first kappa shape index (κ1) is 14.1. The number of amides is 1. The van der Waals surface area contributed by atoms with Gasteiger partial charge in [0, 0.05) is 23.0 Å². The van der Waals surface area contributed by atoms with Crippen LogP contribution in [0.25, 0.3) is 22.7 Å². The normalized spacial score (nSPS) is 10.7. The number of pyridine rings is 1. The minimum Gasteiger partial charge on any atom is -0.434 e. The first-order valence-electron chi connectivity index (χ1n) is 7.48. The van der Waals surface area contributed by atoms with Crippen molar-refractivity contribution in [2.45, 2.75) is 0 Å². The summed E-state index contributed by atoms with van der Waals surface area (Å²) in [5.41, 5.74) is 3.38. The number of nitrogens with zero attached hydrogens (tertiary/aromatic N) is 2. The molecule has 0 aliphatic rings. The largest absolute Gasteiger partial charge is 0.434 e. The van der Waals surface area contributed by atoms with E-state index in [0.717, 1.165) is 5.56 Å². The second-order valence-corrected chi connectivity index (χ2v) is 5.24. The van der Waals surface area contributed by atoms with Crippen LogP contribution in [0.4, 0.5) is 5.69 Å². The fourth-order valence-electron chi connectivity index (χ4n) is 2.38. The molecule has 0 atom stereocenters. The molecule has 0 saturated carbocycles. The molecule has 0 saturated heterocycles. The number of oxazole rings is 1. The van der Waals surface area contributed by atoms with Crippen molar-refractivity contribution < 1.29 is 9.21 Å². The van der Waals surface area contributed by atoms with Gasteiger partial charge in [0.2, 0.25) is 5.89 Å². The summed E-state index contributed by atoms with van der Waals surface area (Å²) in [5.74, 6) is 0.360. The Balaban J connectivity index is 1.55. The average Bonchev–Trinajstić information content (AvgIpc) is 3.07. The van der Waals surface area contributed by atoms with E-state index in [-0.39, 0.29) is 5.91 Å². The molecule has 0 aliphatic heterocycles. The number of anilines is 1. The van der Waals surface area contributed by atoms with E-state index < -0.39 is 0 Å². The van der Waals surface area contributed by atoms with Crippen LogP contribution in [0.5, 0.6) is 0 Å². The SMILES string of the molecule is O=C(Nc1ccc(-c2nc3ncccc3o2)cc1)c1ccccc1. The molecule has 0 spiro atoms. The van der Waals surface area contributed by atoms with Gasteiger partial charge in [0.1, 0.15) is 0 Å². The van der Waals surface area contributed by atoms with Crippen LogP contribution in [-0.2, 0) is 0 Å². The van der Waals surface area contributed by atoms with Gasteiger partial charge in [-0.05, 0) is 48.5 Å². The molecule has 1 amide bonds. The zero-order valence-electron chi connectivity index (χ0n) is 12.6. The standard InChI is InChI=1S/C19H13N3O2/c23-18(13-5-2-1-3-6-13)21-15-10-8-14(9-11-15)19-22-17-16(24-19)7-4-12-20-17/h1-12H,(H,21,23). The molecule has 116 valence electrons. The highest BCUT2D eigenvalue weighted by molar-refractivity contribution is 6.04. The molecule has 0 unspecified atom stereocenters. The van der Waals surface area contributed by atoms with Crippen LogP contribution >= 0.6 is 0 Å². The molecule has 2 heterocycles. The highest BCUT2D eigenvalue weighted by Gasteiger charge is 2.09. The number of carbonyl (C=O) groups excluding carboxylic acids is 1. The van der Waals surface area contributed by atoms with E-state index in [2.05, 4.69) is 15.3 Å². The van der Waals surface area contributed by atoms with Gasteiger partial charge >= 0.3 is 0 Å². The summed E-state index contributed by atoms with van der Waals surface area (Å²) in [6, 6.07) is 20.1. The second kappa shape index (κ2) is 5.96. The van der Waals surface area contributed by atoms with Crippen LogP contribution < -0.4 is 5.32 Å². The van der Waals surface area contributed by atoms with Gasteiger partial charge in [0.25, 0.3) is 5.91 Å². The first-order valence-corrected chi connectivity index (χ1v) is 7.48. The van der Waals surface area contributed by atoms with Crippen molar-refractivity contribution in [3.63, 3.8) is 0 Å². The van der Waals surface area contributed by atoms with Crippen molar-refractivity contribution in [3.05, 3.63) is 78.5 Å². The Morgan fingerprint density at radius 1 is 0.917 bits per heavy atom. The molecule has 2 aromatic heterocycles. The maximum Gasteiger partial charge on any atom is 0.255 e. The highest BCUT2D eigenvalue weighted by Crippen LogP contribution is 2.24. The van der Waals surface area contributed by atoms with Crippen LogP contribution in [0, 0.1) is 0 Å². The van der Waals surface area contributed by atoms with Gasteiger partial charge in [-0.3, -0.25) is 4.79 Å². The van der Waals surface area contributed by atoms with E-state index >= 15 is 0 Å². The third-order valence-corrected chi connectivity index (χ3v) is 3.59. The fraction of sp³-hybridized carbons (Fsp3) is 0. The van der Waals surface area contributed by atoms with Crippen molar-refractivity contribution in [1.29, 1.82) is 0 Å². The topological polar surface area (TPSA) is 68.0 Å². The lowest BCUT2D eigenvalue weighted by Gasteiger charge is -2.05. The Morgan fingerprint density at radius 3 is 2.46 bits per heavy atom. The van der Waals surface area contributed by atoms with E-state index in [9.17, 15) is 4.79 Å². The second-order valence-electron chi connectivity index (χ2n) is 5.24. The van der Waals surface area contributed by atoms with E-state index in [1.165, 1.54) is 0 Å². The van der Waals surface area contributed by atoms with Gasteiger partial charge < -0.3 is 9.73 Å². The van der Waals surface area contributed by atoms with E-state index in [0.29, 0.717) is 28.4 Å². The summed E-state index contributed by atoms with van der Waals surface area (Å²) < 4.78 is 5.68. The monoisotopic (exact) mass is 315 g/mol. The molecule has 4 rings (SSSR count). The number of carbonyl (C=O) groups is 1. The lowest BCUT2D eigenvalue weighted by atomic mass is 10.2. The summed E-state index contributed by atoms with van der Waals surface area (Å²) >= 11 is 0. The van der Waals surface area contributed by atoms with Gasteiger partial charge in [-0.2, -0.15) is 4.98 Å². The molecule has 5 heteroatoms. The third kappa shape index (κ3) is 2.75. The number of hydrogen-bond acceptors (Lipinski definition) is 4. The van der Waals surface area contributed by atoms with Gasteiger partial charge in [-0.1, -0.05) is 18.2 Å². The van der Waals surface area contributed by atoms with Crippen LogP contribution in [0.15, 0.2) is 77.3 Å². The summed E-state index contributed by atoms with van der Waals surface area (Å²) in [5, 5.41) is 2.86. The molecule has 5 nitrogen and oxygen atoms in total. The predicted molar refractivity (Wildman–Crippen MR) is 91.6 cm³/mol. The summed E-state index contributed by atoms with van der Waals surface area (Å²) in [6.07, 6.45) is 1.68. The maximum atomic E-state index is 12.1. The van der Waals surface area contributed by atoms with Crippen LogP contribution in [-0.4, -0.2) is 15.9 Å². The van der Waals surface area contributed by atoms with Gasteiger partial charge in [0.05, 0.1) is 0 Å². The Morgan fingerprint density at radius 2 is 1.71 bits per heavy atom. The molecule has 24 heavy (non-hydrogen) atoms. The molecule has 0 aliphatic carbocycles. The van der Waals surface area contributed by atoms with Gasteiger partial charge in [0.15, 0.2) is 11.2 Å². The molecular formula is C19H13N3O2. The van der Waals surface area contributed by atoms with Crippen molar-refractivity contribution in [2.24, 2.45) is 0 Å². The fourth-order valence-corrected chi connectivity index (χ4v) is 2.38. The van der Waals surface area contributed by atoms with Gasteiger partial charge in [-0.15, -0.1) is 0 Å². The van der Waals surface area contributed by atoms with Crippen molar-refractivity contribution in [1.82, 2.24) is 9.97 Å². The Hall–Kier alpha value is -3.47. The van der Waals surface area contributed by atoms with E-state index in [4.69, 9.17) is 4.42 Å². The number of rotatable bonds is 3. The molecule has 2 aromatic carbocycles. The number of fused-ring (bicyclic) bond motifs is 1. The quantitative estimate of drug-likeness (QED) is 0.617. The third-order valence-electron chi connectivity index (χ3n) is 3.59. The maximum absolute atomic E-state index is 12.1. The van der Waals surface area contributed by atoms with E-state index in [1.807, 2.05) is 48.5 Å². The molecule has 0 bridgehead atoms. The smallest absolute Gasteiger partial charge is 0.255 e. The summed E-state index contributed by atoms with van der Waals surface area (Å²) in [6.45, 7) is 0. The summed E-state index contributed by atoms with van der Waals surface area (Å²) in [4.78, 5) is 20.6. The number of benzene rings is 2. The van der Waals surface area contributed by atoms with Crippen molar-refractivity contribution in [2.75, 3.05) is 5.32 Å². The Labute approximate surface area is 138 Å². The zero-order valence-corrected chi connectivity index (χ0v) is 12.6. The molecular weight excluding hydrogens is 302 g/mol. The number of aromatic nitrogens is 2. The van der Waals surface area contributed by atoms with Gasteiger partial charge in [-0.25, -0.2) is 4.98 Å². The predicted octanol–water partition coefficient (Wildman–Crippen LogP) is 4.14. The van der Waals surface area contributed by atoms with E-state index in [1.54, 1.807) is 24.4 Å². The minimum absolute atomic E-state index is 0.144. The van der Waals surface area contributed by atoms with Crippen LogP contribution in [0.1, 0.15) is 10.4 Å². The van der Waals surface area contributed by atoms with Crippen LogP contribution in [0.3, 0.4) is 0 Å². The highest BCUT2D eigenvalue weighted by atomic mass is 16.3. The molecule has 1 N–H and O–H groups in total.